The van der Waals surface area contributed by atoms with E-state index in [1.807, 2.05) is 42.5 Å². The number of aromatic nitrogens is 1. The lowest BCUT2D eigenvalue weighted by Crippen LogP contribution is -2.21. The molecule has 130 valence electrons. The Hall–Kier alpha value is -3.27. The minimum absolute atomic E-state index is 0.0787. The molecule has 0 saturated carbocycles. The molecule has 4 aromatic rings. The molecular weight excluding hydrogens is 324 g/mol. The van der Waals surface area contributed by atoms with Crippen LogP contribution in [0.2, 0.25) is 0 Å². The number of benzene rings is 3. The molecule has 1 heterocycles. The first-order valence-electron chi connectivity index (χ1n) is 8.63. The Morgan fingerprint density at radius 3 is 2.04 bits per heavy atom. The molecule has 1 aromatic heterocycles. The van der Waals surface area contributed by atoms with Crippen molar-refractivity contribution in [3.63, 3.8) is 0 Å². The van der Waals surface area contributed by atoms with Crippen LogP contribution < -0.4 is 4.90 Å². The van der Waals surface area contributed by atoms with Crippen LogP contribution in [-0.4, -0.2) is 28.8 Å². The first-order valence-corrected chi connectivity index (χ1v) is 8.63. The van der Waals surface area contributed by atoms with Gasteiger partial charge in [0, 0.05) is 24.4 Å². The Balaban J connectivity index is 1.72. The number of phenols is 2. The van der Waals surface area contributed by atoms with E-state index in [-0.39, 0.29) is 11.5 Å². The number of hydrogen-bond donors (Lipinski definition) is 2. The number of nitrogens with zero attached hydrogens (tertiary/aromatic N) is 2. The summed E-state index contributed by atoms with van der Waals surface area (Å²) in [6.45, 7) is 0.780. The van der Waals surface area contributed by atoms with Crippen molar-refractivity contribution in [1.29, 1.82) is 0 Å². The van der Waals surface area contributed by atoms with Gasteiger partial charge in [0.2, 0.25) is 0 Å². The second kappa shape index (κ2) is 6.56. The summed E-state index contributed by atoms with van der Waals surface area (Å²) in [7, 11) is 2.08. The molecule has 0 aliphatic carbocycles. The highest BCUT2D eigenvalue weighted by atomic mass is 16.3. The third-order valence-electron chi connectivity index (χ3n) is 4.72. The molecule has 4 heteroatoms. The molecule has 0 bridgehead atoms. The molecule has 4 rings (SSSR count). The van der Waals surface area contributed by atoms with Gasteiger partial charge in [-0.15, -0.1) is 0 Å². The van der Waals surface area contributed by atoms with E-state index in [2.05, 4.69) is 24.1 Å². The third kappa shape index (κ3) is 2.90. The van der Waals surface area contributed by atoms with Crippen molar-refractivity contribution in [2.24, 2.45) is 0 Å². The fourth-order valence-electron chi connectivity index (χ4n) is 3.36. The van der Waals surface area contributed by atoms with Gasteiger partial charge in [-0.3, -0.25) is 0 Å². The van der Waals surface area contributed by atoms with Crippen LogP contribution in [0.3, 0.4) is 0 Å². The zero-order chi connectivity index (χ0) is 18.1. The summed E-state index contributed by atoms with van der Waals surface area (Å²) in [5.41, 5.74) is 4.11. The van der Waals surface area contributed by atoms with E-state index in [4.69, 9.17) is 4.98 Å². The molecule has 0 atom stereocenters. The highest BCUT2D eigenvalue weighted by Gasteiger charge is 2.13. The fraction of sp³-hybridized carbons (Fsp3) is 0.136. The number of anilines is 1. The minimum atomic E-state index is -0.0896. The van der Waals surface area contributed by atoms with Gasteiger partial charge in [-0.25, -0.2) is 4.98 Å². The molecule has 0 aliphatic heterocycles. The van der Waals surface area contributed by atoms with Crippen molar-refractivity contribution < 1.29 is 10.2 Å². The van der Waals surface area contributed by atoms with Crippen LogP contribution in [0.15, 0.2) is 66.7 Å². The summed E-state index contributed by atoms with van der Waals surface area (Å²) in [4.78, 5) is 7.01. The van der Waals surface area contributed by atoms with Crippen LogP contribution >= 0.6 is 0 Å². The average Bonchev–Trinajstić information content (AvgIpc) is 2.66. The van der Waals surface area contributed by atoms with E-state index in [0.29, 0.717) is 0 Å². The van der Waals surface area contributed by atoms with Crippen molar-refractivity contribution in [1.82, 2.24) is 4.98 Å². The maximum Gasteiger partial charge on any atom is 0.157 e. The summed E-state index contributed by atoms with van der Waals surface area (Å²) in [6, 6.07) is 21.4. The number of phenolic OH excluding ortho intramolecular Hbond substituents is 2. The molecular formula is C22H20N2O2. The Morgan fingerprint density at radius 2 is 1.42 bits per heavy atom. The van der Waals surface area contributed by atoms with E-state index in [1.165, 1.54) is 6.07 Å². The van der Waals surface area contributed by atoms with Gasteiger partial charge < -0.3 is 15.1 Å². The molecule has 4 nitrogen and oxygen atoms in total. The lowest BCUT2D eigenvalue weighted by molar-refractivity contribution is 0.403. The maximum absolute atomic E-state index is 9.69. The van der Waals surface area contributed by atoms with Gasteiger partial charge in [0.25, 0.3) is 0 Å². The summed E-state index contributed by atoms with van der Waals surface area (Å²) in [6.07, 6.45) is 0.759. The van der Waals surface area contributed by atoms with E-state index >= 15 is 0 Å². The SMILES string of the molecule is CN(CCc1ccc(O)c(O)c1)c1c2ccccc2nc2ccccc12. The molecule has 0 aliphatic rings. The number of aromatic hydroxyl groups is 2. The summed E-state index contributed by atoms with van der Waals surface area (Å²) in [5.74, 6) is -0.168. The fourth-order valence-corrected chi connectivity index (χ4v) is 3.36. The third-order valence-corrected chi connectivity index (χ3v) is 4.72. The molecule has 2 N–H and O–H groups in total. The number of para-hydroxylation sites is 2. The summed E-state index contributed by atoms with van der Waals surface area (Å²) in [5, 5.41) is 21.4. The second-order valence-electron chi connectivity index (χ2n) is 6.49. The Kier molecular flexibility index (Phi) is 4.09. The van der Waals surface area contributed by atoms with E-state index in [0.717, 1.165) is 46.0 Å². The minimum Gasteiger partial charge on any atom is -0.504 e. The van der Waals surface area contributed by atoms with Crippen molar-refractivity contribution >= 4 is 27.5 Å². The molecule has 0 unspecified atom stereocenters. The highest BCUT2D eigenvalue weighted by Crippen LogP contribution is 2.33. The first-order chi connectivity index (χ1) is 12.6. The van der Waals surface area contributed by atoms with Gasteiger partial charge in [-0.05, 0) is 36.2 Å². The van der Waals surface area contributed by atoms with Crippen molar-refractivity contribution in [3.8, 4) is 11.5 Å². The second-order valence-corrected chi connectivity index (χ2v) is 6.49. The van der Waals surface area contributed by atoms with Crippen LogP contribution in [0, 0.1) is 0 Å². The predicted molar refractivity (Wildman–Crippen MR) is 106 cm³/mol. The zero-order valence-electron chi connectivity index (χ0n) is 14.6. The Bertz CT molecular complexity index is 1040. The monoisotopic (exact) mass is 344 g/mol. The van der Waals surface area contributed by atoms with E-state index in [1.54, 1.807) is 6.07 Å². The smallest absolute Gasteiger partial charge is 0.157 e. The Labute approximate surface area is 152 Å². The maximum atomic E-state index is 9.69. The van der Waals surface area contributed by atoms with Crippen LogP contribution in [0.1, 0.15) is 5.56 Å². The topological polar surface area (TPSA) is 56.6 Å². The molecule has 3 aromatic carbocycles. The summed E-state index contributed by atoms with van der Waals surface area (Å²) >= 11 is 0. The average molecular weight is 344 g/mol. The molecule has 0 radical (unpaired) electrons. The highest BCUT2D eigenvalue weighted by molar-refractivity contribution is 6.07. The van der Waals surface area contributed by atoms with Crippen LogP contribution in [0.4, 0.5) is 5.69 Å². The lowest BCUT2D eigenvalue weighted by atomic mass is 10.1. The number of hydrogen-bond acceptors (Lipinski definition) is 4. The standard InChI is InChI=1S/C22H20N2O2/c1-24(13-12-15-10-11-20(25)21(26)14-15)22-16-6-2-4-8-18(16)23-19-9-5-3-7-17(19)22/h2-11,14,25-26H,12-13H2,1H3. The van der Waals surface area contributed by atoms with E-state index in [9.17, 15) is 10.2 Å². The van der Waals surface area contributed by atoms with Crippen LogP contribution in [0.25, 0.3) is 21.8 Å². The molecule has 0 amide bonds. The number of pyridine rings is 1. The zero-order valence-corrected chi connectivity index (χ0v) is 14.6. The van der Waals surface area contributed by atoms with Crippen LogP contribution in [-0.2, 0) is 6.42 Å². The van der Waals surface area contributed by atoms with E-state index < -0.39 is 0 Å². The van der Waals surface area contributed by atoms with Gasteiger partial charge in [0.1, 0.15) is 0 Å². The molecule has 0 spiro atoms. The quantitative estimate of drug-likeness (QED) is 0.423. The normalized spacial score (nSPS) is 11.1. The molecule has 26 heavy (non-hydrogen) atoms. The van der Waals surface area contributed by atoms with Gasteiger partial charge in [0.15, 0.2) is 11.5 Å². The molecule has 0 fully saturated rings. The van der Waals surface area contributed by atoms with Crippen molar-refractivity contribution in [3.05, 3.63) is 72.3 Å². The Morgan fingerprint density at radius 1 is 0.808 bits per heavy atom. The number of likely N-dealkylation sites (N-methyl/N-ethyl adjacent to an activating group) is 1. The largest absolute Gasteiger partial charge is 0.504 e. The van der Waals surface area contributed by atoms with Crippen molar-refractivity contribution in [2.75, 3.05) is 18.5 Å². The number of fused-ring (bicyclic) bond motifs is 2. The lowest BCUT2D eigenvalue weighted by Gasteiger charge is -2.23. The van der Waals surface area contributed by atoms with Crippen molar-refractivity contribution in [2.45, 2.75) is 6.42 Å². The van der Waals surface area contributed by atoms with Gasteiger partial charge in [-0.2, -0.15) is 0 Å². The van der Waals surface area contributed by atoms with Gasteiger partial charge in [-0.1, -0.05) is 42.5 Å². The van der Waals surface area contributed by atoms with Gasteiger partial charge in [0.05, 0.1) is 16.7 Å². The molecule has 0 saturated heterocycles. The summed E-state index contributed by atoms with van der Waals surface area (Å²) < 4.78 is 0. The predicted octanol–water partition coefficient (Wildman–Crippen LogP) is 4.48. The first kappa shape index (κ1) is 16.2. The van der Waals surface area contributed by atoms with Crippen LogP contribution in [0.5, 0.6) is 11.5 Å². The number of rotatable bonds is 4. The van der Waals surface area contributed by atoms with Gasteiger partial charge >= 0.3 is 0 Å².